The number of pyridine rings is 1. The minimum Gasteiger partial charge on any atom is -0.319 e. The maximum Gasteiger partial charge on any atom is 0.257 e. The standard InChI is InChI=1S/C21H27N5O/c1-5-25(6-2)9-10-26-14-18(13-22-26)24-21(27)19-12-17-8-7-15(3)11-20(17)23-16(19)4/h7-8,11-14H,5-6,9-10H2,1-4H3,(H,24,27). The number of aryl methyl sites for hydroxylation is 2. The summed E-state index contributed by atoms with van der Waals surface area (Å²) in [5.41, 5.74) is 4.07. The van der Waals surface area contributed by atoms with Crippen molar-refractivity contribution in [1.82, 2.24) is 19.7 Å². The summed E-state index contributed by atoms with van der Waals surface area (Å²) >= 11 is 0. The van der Waals surface area contributed by atoms with Crippen molar-refractivity contribution in [3.63, 3.8) is 0 Å². The van der Waals surface area contributed by atoms with Crippen LogP contribution in [-0.2, 0) is 6.54 Å². The molecule has 0 aliphatic heterocycles. The number of aromatic nitrogens is 3. The Kier molecular flexibility index (Phi) is 5.86. The van der Waals surface area contributed by atoms with Gasteiger partial charge in [-0.05, 0) is 44.6 Å². The molecule has 1 amide bonds. The van der Waals surface area contributed by atoms with Crippen LogP contribution in [0.15, 0.2) is 36.7 Å². The van der Waals surface area contributed by atoms with Gasteiger partial charge in [0.2, 0.25) is 0 Å². The number of nitrogens with one attached hydrogen (secondary N) is 1. The molecule has 1 N–H and O–H groups in total. The number of amides is 1. The molecule has 27 heavy (non-hydrogen) atoms. The second-order valence-corrected chi connectivity index (χ2v) is 6.79. The van der Waals surface area contributed by atoms with E-state index in [9.17, 15) is 4.79 Å². The summed E-state index contributed by atoms with van der Waals surface area (Å²) in [4.78, 5) is 19.6. The quantitative estimate of drug-likeness (QED) is 0.694. The summed E-state index contributed by atoms with van der Waals surface area (Å²) in [6.07, 6.45) is 3.56. The third-order valence-electron chi connectivity index (χ3n) is 4.84. The molecule has 3 rings (SSSR count). The van der Waals surface area contributed by atoms with Gasteiger partial charge in [-0.3, -0.25) is 14.5 Å². The van der Waals surface area contributed by atoms with Crippen molar-refractivity contribution in [3.05, 3.63) is 53.5 Å². The molecule has 0 bridgehead atoms. The number of nitrogens with zero attached hydrogens (tertiary/aromatic N) is 4. The summed E-state index contributed by atoms with van der Waals surface area (Å²) < 4.78 is 1.86. The molecule has 0 fully saturated rings. The highest BCUT2D eigenvalue weighted by Gasteiger charge is 2.13. The fourth-order valence-electron chi connectivity index (χ4n) is 3.14. The van der Waals surface area contributed by atoms with E-state index in [2.05, 4.69) is 34.1 Å². The monoisotopic (exact) mass is 365 g/mol. The number of carbonyl (C=O) groups is 1. The number of anilines is 1. The molecule has 0 atom stereocenters. The van der Waals surface area contributed by atoms with Gasteiger partial charge >= 0.3 is 0 Å². The molecule has 0 saturated carbocycles. The molecule has 6 nitrogen and oxygen atoms in total. The Morgan fingerprint density at radius 2 is 1.96 bits per heavy atom. The Hall–Kier alpha value is -2.73. The highest BCUT2D eigenvalue weighted by molar-refractivity contribution is 6.06. The molecule has 6 heteroatoms. The highest BCUT2D eigenvalue weighted by Crippen LogP contribution is 2.19. The van der Waals surface area contributed by atoms with Crippen LogP contribution in [0.3, 0.4) is 0 Å². The predicted octanol–water partition coefficient (Wildman–Crippen LogP) is 3.64. The van der Waals surface area contributed by atoms with Crippen molar-refractivity contribution in [1.29, 1.82) is 0 Å². The second-order valence-electron chi connectivity index (χ2n) is 6.79. The Morgan fingerprint density at radius 1 is 1.19 bits per heavy atom. The lowest BCUT2D eigenvalue weighted by Crippen LogP contribution is -2.27. The average Bonchev–Trinajstić information content (AvgIpc) is 3.09. The molecule has 0 aliphatic rings. The normalized spacial score (nSPS) is 11.3. The lowest BCUT2D eigenvalue weighted by atomic mass is 10.1. The Balaban J connectivity index is 1.71. The van der Waals surface area contributed by atoms with Crippen LogP contribution in [-0.4, -0.2) is 45.2 Å². The Bertz CT molecular complexity index is 943. The Morgan fingerprint density at radius 3 is 2.70 bits per heavy atom. The summed E-state index contributed by atoms with van der Waals surface area (Å²) in [6, 6.07) is 7.96. The number of carbonyl (C=O) groups excluding carboxylic acids is 1. The molecule has 0 radical (unpaired) electrons. The number of hydrogen-bond donors (Lipinski definition) is 1. The van der Waals surface area contributed by atoms with Gasteiger partial charge in [-0.25, -0.2) is 0 Å². The third kappa shape index (κ3) is 4.52. The molecular formula is C21H27N5O. The van der Waals surface area contributed by atoms with E-state index in [0.29, 0.717) is 11.3 Å². The number of rotatable bonds is 7. The number of benzene rings is 1. The van der Waals surface area contributed by atoms with Crippen molar-refractivity contribution in [2.75, 3.05) is 25.0 Å². The van der Waals surface area contributed by atoms with E-state index in [1.807, 2.05) is 49.0 Å². The summed E-state index contributed by atoms with van der Waals surface area (Å²) in [7, 11) is 0. The maximum absolute atomic E-state index is 12.7. The first-order chi connectivity index (χ1) is 13.0. The fourth-order valence-corrected chi connectivity index (χ4v) is 3.14. The first kappa shape index (κ1) is 19.0. The van der Waals surface area contributed by atoms with Crippen LogP contribution >= 0.6 is 0 Å². The lowest BCUT2D eigenvalue weighted by Gasteiger charge is -2.17. The molecule has 0 saturated heterocycles. The highest BCUT2D eigenvalue weighted by atomic mass is 16.1. The zero-order valence-electron chi connectivity index (χ0n) is 16.5. The first-order valence-corrected chi connectivity index (χ1v) is 9.44. The van der Waals surface area contributed by atoms with Crippen molar-refractivity contribution < 1.29 is 4.79 Å². The number of fused-ring (bicyclic) bond motifs is 1. The topological polar surface area (TPSA) is 63.0 Å². The van der Waals surface area contributed by atoms with Crippen molar-refractivity contribution in [2.45, 2.75) is 34.2 Å². The maximum atomic E-state index is 12.7. The van der Waals surface area contributed by atoms with Gasteiger partial charge in [0, 0.05) is 18.1 Å². The van der Waals surface area contributed by atoms with Crippen LogP contribution in [0.1, 0.15) is 35.5 Å². The summed E-state index contributed by atoms with van der Waals surface area (Å²) in [6.45, 7) is 12.0. The van der Waals surface area contributed by atoms with E-state index < -0.39 is 0 Å². The van der Waals surface area contributed by atoms with E-state index in [1.165, 1.54) is 0 Å². The molecule has 3 aromatic rings. The van der Waals surface area contributed by atoms with Gasteiger partial charge in [0.1, 0.15) is 0 Å². The molecule has 1 aromatic carbocycles. The largest absolute Gasteiger partial charge is 0.319 e. The van der Waals surface area contributed by atoms with E-state index in [4.69, 9.17) is 0 Å². The van der Waals surface area contributed by atoms with Gasteiger partial charge in [-0.15, -0.1) is 0 Å². The SMILES string of the molecule is CCN(CC)CCn1cc(NC(=O)c2cc3ccc(C)cc3nc2C)cn1. The van der Waals surface area contributed by atoms with Crippen molar-refractivity contribution in [2.24, 2.45) is 0 Å². The van der Waals surface area contributed by atoms with E-state index in [-0.39, 0.29) is 5.91 Å². The van der Waals surface area contributed by atoms with Gasteiger partial charge in [-0.1, -0.05) is 26.0 Å². The van der Waals surface area contributed by atoms with Crippen LogP contribution in [0.25, 0.3) is 10.9 Å². The van der Waals surface area contributed by atoms with Gasteiger partial charge in [0.25, 0.3) is 5.91 Å². The van der Waals surface area contributed by atoms with E-state index in [0.717, 1.165) is 48.3 Å². The Labute approximate surface area is 160 Å². The summed E-state index contributed by atoms with van der Waals surface area (Å²) in [5, 5.41) is 8.24. The van der Waals surface area contributed by atoms with Crippen LogP contribution in [0.5, 0.6) is 0 Å². The van der Waals surface area contributed by atoms with Crippen LogP contribution in [0, 0.1) is 13.8 Å². The van der Waals surface area contributed by atoms with E-state index in [1.54, 1.807) is 6.20 Å². The molecule has 0 aliphatic carbocycles. The zero-order chi connectivity index (χ0) is 19.4. The summed E-state index contributed by atoms with van der Waals surface area (Å²) in [5.74, 6) is -0.161. The van der Waals surface area contributed by atoms with Gasteiger partial charge in [0.15, 0.2) is 0 Å². The number of hydrogen-bond acceptors (Lipinski definition) is 4. The van der Waals surface area contributed by atoms with Crippen molar-refractivity contribution >= 4 is 22.5 Å². The van der Waals surface area contributed by atoms with E-state index >= 15 is 0 Å². The molecule has 0 unspecified atom stereocenters. The van der Waals surface area contributed by atoms with Crippen LogP contribution in [0.2, 0.25) is 0 Å². The number of likely N-dealkylation sites (N-methyl/N-ethyl adjacent to an activating group) is 1. The fraction of sp³-hybridized carbons (Fsp3) is 0.381. The van der Waals surface area contributed by atoms with Crippen molar-refractivity contribution in [3.8, 4) is 0 Å². The van der Waals surface area contributed by atoms with Gasteiger partial charge in [-0.2, -0.15) is 5.10 Å². The minimum atomic E-state index is -0.161. The van der Waals surface area contributed by atoms with Gasteiger partial charge < -0.3 is 10.2 Å². The van der Waals surface area contributed by atoms with Gasteiger partial charge in [0.05, 0.1) is 35.2 Å². The second kappa shape index (κ2) is 8.31. The first-order valence-electron chi connectivity index (χ1n) is 9.44. The predicted molar refractivity (Wildman–Crippen MR) is 109 cm³/mol. The minimum absolute atomic E-state index is 0.161. The van der Waals surface area contributed by atoms with Crippen LogP contribution < -0.4 is 5.32 Å². The average molecular weight is 365 g/mol. The molecule has 2 heterocycles. The molecule has 142 valence electrons. The third-order valence-corrected chi connectivity index (χ3v) is 4.84. The van der Waals surface area contributed by atoms with Crippen LogP contribution in [0.4, 0.5) is 5.69 Å². The molecule has 2 aromatic heterocycles. The lowest BCUT2D eigenvalue weighted by molar-refractivity contribution is 0.102. The zero-order valence-corrected chi connectivity index (χ0v) is 16.5. The molecule has 0 spiro atoms. The molecular weight excluding hydrogens is 338 g/mol. The smallest absolute Gasteiger partial charge is 0.257 e.